The number of methoxy groups -OCH3 is 1. The predicted molar refractivity (Wildman–Crippen MR) is 129 cm³/mol. The van der Waals surface area contributed by atoms with Gasteiger partial charge in [0.2, 0.25) is 0 Å². The summed E-state index contributed by atoms with van der Waals surface area (Å²) >= 11 is 0. The average molecular weight is 429 g/mol. The van der Waals surface area contributed by atoms with Crippen molar-refractivity contribution in [1.82, 2.24) is 0 Å². The van der Waals surface area contributed by atoms with Crippen molar-refractivity contribution in [2.75, 3.05) is 20.3 Å². The van der Waals surface area contributed by atoms with Gasteiger partial charge >= 0.3 is 0 Å². The first kappa shape index (κ1) is 24.9. The summed E-state index contributed by atoms with van der Waals surface area (Å²) in [7, 11) is 1.66. The minimum absolute atomic E-state index is 0.129. The molecule has 0 aliphatic carbocycles. The highest BCUT2D eigenvalue weighted by molar-refractivity contribution is 5.78. The Labute approximate surface area is 188 Å². The third-order valence-corrected chi connectivity index (χ3v) is 5.47. The van der Waals surface area contributed by atoms with Crippen LogP contribution in [0.3, 0.4) is 0 Å². The molecule has 0 saturated carbocycles. The van der Waals surface area contributed by atoms with Crippen molar-refractivity contribution in [1.29, 1.82) is 0 Å². The third kappa shape index (κ3) is 8.35. The molecule has 0 atom stereocenters. The van der Waals surface area contributed by atoms with Crippen molar-refractivity contribution in [3.63, 3.8) is 0 Å². The van der Waals surface area contributed by atoms with E-state index in [0.29, 0.717) is 19.0 Å². The monoisotopic (exact) mass is 428 g/mol. The Kier molecular flexibility index (Phi) is 11.7. The fraction of sp³-hybridized carbons (Fsp3) is 0.556. The van der Waals surface area contributed by atoms with Crippen molar-refractivity contribution in [2.24, 2.45) is 0 Å². The van der Waals surface area contributed by atoms with Crippen LogP contribution in [0, 0.1) is 0 Å². The van der Waals surface area contributed by atoms with Crippen molar-refractivity contribution in [3.8, 4) is 34.1 Å². The van der Waals surface area contributed by atoms with Crippen molar-refractivity contribution in [3.05, 3.63) is 36.4 Å². The molecule has 4 nitrogen and oxygen atoms in total. The summed E-state index contributed by atoms with van der Waals surface area (Å²) in [4.78, 5) is 0. The Bertz CT molecular complexity index is 757. The van der Waals surface area contributed by atoms with Gasteiger partial charge in [-0.3, -0.25) is 0 Å². The molecule has 31 heavy (non-hydrogen) atoms. The fourth-order valence-electron chi connectivity index (χ4n) is 3.64. The molecule has 0 saturated heterocycles. The number of aromatic hydroxyl groups is 1. The van der Waals surface area contributed by atoms with Gasteiger partial charge in [0, 0.05) is 17.2 Å². The molecule has 0 bridgehead atoms. The minimum atomic E-state index is 0.129. The van der Waals surface area contributed by atoms with Crippen LogP contribution >= 0.6 is 0 Å². The standard InChI is InChI=1S/C27H40O4/c1-4-6-8-10-14-18-30-26-21-27(31-19-15-11-9-7-5-2)24(28)20-23(26)22-16-12-13-17-25(22)29-3/h12-13,16-17,20-21,28H,4-11,14-15,18-19H2,1-3H3. The Balaban J connectivity index is 2.14. The van der Waals surface area contributed by atoms with Crippen molar-refractivity contribution in [2.45, 2.75) is 78.1 Å². The molecule has 0 aliphatic heterocycles. The Morgan fingerprint density at radius 1 is 0.645 bits per heavy atom. The Hall–Kier alpha value is -2.36. The zero-order chi connectivity index (χ0) is 22.3. The van der Waals surface area contributed by atoms with E-state index in [-0.39, 0.29) is 5.75 Å². The van der Waals surface area contributed by atoms with E-state index in [1.54, 1.807) is 13.2 Å². The molecular formula is C27H40O4. The lowest BCUT2D eigenvalue weighted by Crippen LogP contribution is -2.02. The zero-order valence-corrected chi connectivity index (χ0v) is 19.6. The number of phenolic OH excluding ortho intramolecular Hbond substituents is 1. The molecule has 0 heterocycles. The molecule has 4 heteroatoms. The van der Waals surface area contributed by atoms with Gasteiger partial charge in [0.05, 0.1) is 20.3 Å². The smallest absolute Gasteiger partial charge is 0.164 e. The van der Waals surface area contributed by atoms with Crippen LogP contribution in [-0.4, -0.2) is 25.4 Å². The first-order valence-corrected chi connectivity index (χ1v) is 12.0. The van der Waals surface area contributed by atoms with Crippen LogP contribution in [0.25, 0.3) is 11.1 Å². The van der Waals surface area contributed by atoms with Gasteiger partial charge < -0.3 is 19.3 Å². The van der Waals surface area contributed by atoms with Crippen molar-refractivity contribution >= 4 is 0 Å². The highest BCUT2D eigenvalue weighted by Gasteiger charge is 2.16. The van der Waals surface area contributed by atoms with E-state index < -0.39 is 0 Å². The number of hydrogen-bond acceptors (Lipinski definition) is 4. The first-order chi connectivity index (χ1) is 15.2. The molecule has 0 spiro atoms. The lowest BCUT2D eigenvalue weighted by Gasteiger charge is -2.17. The summed E-state index contributed by atoms with van der Waals surface area (Å²) in [6, 6.07) is 11.4. The topological polar surface area (TPSA) is 47.9 Å². The number of benzene rings is 2. The lowest BCUT2D eigenvalue weighted by atomic mass is 10.0. The SMILES string of the molecule is CCCCCCCOc1cc(OCCCCCCC)c(-c2ccccc2OC)cc1O. The number of phenols is 1. The second-order valence-electron chi connectivity index (χ2n) is 8.04. The maximum Gasteiger partial charge on any atom is 0.164 e. The summed E-state index contributed by atoms with van der Waals surface area (Å²) < 4.78 is 17.6. The largest absolute Gasteiger partial charge is 0.504 e. The lowest BCUT2D eigenvalue weighted by molar-refractivity contribution is 0.279. The number of hydrogen-bond donors (Lipinski definition) is 1. The number of para-hydroxylation sites is 1. The molecule has 1 N–H and O–H groups in total. The molecular weight excluding hydrogens is 388 g/mol. The van der Waals surface area contributed by atoms with Gasteiger partial charge in [0.15, 0.2) is 11.5 Å². The molecule has 0 unspecified atom stereocenters. The van der Waals surface area contributed by atoms with Gasteiger partial charge in [-0.2, -0.15) is 0 Å². The van der Waals surface area contributed by atoms with Crippen LogP contribution < -0.4 is 14.2 Å². The number of unbranched alkanes of at least 4 members (excludes halogenated alkanes) is 8. The zero-order valence-electron chi connectivity index (χ0n) is 19.6. The van der Waals surface area contributed by atoms with E-state index in [1.165, 1.54) is 38.5 Å². The van der Waals surface area contributed by atoms with Gasteiger partial charge in [-0.05, 0) is 25.0 Å². The van der Waals surface area contributed by atoms with Crippen LogP contribution in [0.1, 0.15) is 78.1 Å². The summed E-state index contributed by atoms with van der Waals surface area (Å²) in [5, 5.41) is 10.6. The minimum Gasteiger partial charge on any atom is -0.504 e. The fourth-order valence-corrected chi connectivity index (χ4v) is 3.64. The molecule has 0 aromatic heterocycles. The number of ether oxygens (including phenoxy) is 3. The molecule has 172 valence electrons. The molecule has 2 rings (SSSR count). The maximum absolute atomic E-state index is 10.6. The first-order valence-electron chi connectivity index (χ1n) is 12.0. The maximum atomic E-state index is 10.6. The molecule has 0 fully saturated rings. The highest BCUT2D eigenvalue weighted by atomic mass is 16.5. The van der Waals surface area contributed by atoms with E-state index in [9.17, 15) is 5.11 Å². The molecule has 0 radical (unpaired) electrons. The quantitative estimate of drug-likeness (QED) is 0.277. The van der Waals surface area contributed by atoms with E-state index >= 15 is 0 Å². The van der Waals surface area contributed by atoms with Gasteiger partial charge in [0.25, 0.3) is 0 Å². The van der Waals surface area contributed by atoms with Crippen LogP contribution in [0.5, 0.6) is 23.0 Å². The van der Waals surface area contributed by atoms with E-state index in [2.05, 4.69) is 13.8 Å². The second-order valence-corrected chi connectivity index (χ2v) is 8.04. The third-order valence-electron chi connectivity index (χ3n) is 5.47. The van der Waals surface area contributed by atoms with Crippen LogP contribution in [0.15, 0.2) is 36.4 Å². The predicted octanol–water partition coefficient (Wildman–Crippen LogP) is 7.77. The van der Waals surface area contributed by atoms with Gasteiger partial charge in [-0.15, -0.1) is 0 Å². The van der Waals surface area contributed by atoms with Gasteiger partial charge in [-0.25, -0.2) is 0 Å². The Morgan fingerprint density at radius 3 is 1.84 bits per heavy atom. The second kappa shape index (κ2) is 14.6. The summed E-state index contributed by atoms with van der Waals surface area (Å²) in [6.45, 7) is 5.68. The molecule has 0 aliphatic rings. The van der Waals surface area contributed by atoms with E-state index in [1.807, 2.05) is 30.3 Å². The van der Waals surface area contributed by atoms with Crippen LogP contribution in [0.2, 0.25) is 0 Å². The number of rotatable bonds is 16. The highest BCUT2D eigenvalue weighted by Crippen LogP contribution is 2.43. The normalized spacial score (nSPS) is 10.8. The van der Waals surface area contributed by atoms with E-state index in [0.717, 1.165) is 48.3 Å². The van der Waals surface area contributed by atoms with Crippen LogP contribution in [0.4, 0.5) is 0 Å². The summed E-state index contributed by atoms with van der Waals surface area (Å²) in [6.07, 6.45) is 11.8. The van der Waals surface area contributed by atoms with Gasteiger partial charge in [0.1, 0.15) is 11.5 Å². The molecule has 0 amide bonds. The average Bonchev–Trinajstić information content (AvgIpc) is 2.79. The van der Waals surface area contributed by atoms with Crippen LogP contribution in [-0.2, 0) is 0 Å². The van der Waals surface area contributed by atoms with Crippen molar-refractivity contribution < 1.29 is 19.3 Å². The van der Waals surface area contributed by atoms with Gasteiger partial charge in [-0.1, -0.05) is 83.4 Å². The van der Waals surface area contributed by atoms with E-state index in [4.69, 9.17) is 14.2 Å². The molecule has 2 aromatic carbocycles. The summed E-state index contributed by atoms with van der Waals surface area (Å²) in [5.74, 6) is 2.08. The summed E-state index contributed by atoms with van der Waals surface area (Å²) in [5.41, 5.74) is 1.71. The Morgan fingerprint density at radius 2 is 1.23 bits per heavy atom. The molecule has 2 aromatic rings.